The van der Waals surface area contributed by atoms with Crippen LogP contribution in [0.5, 0.6) is 0 Å². The Morgan fingerprint density at radius 1 is 0.912 bits per heavy atom. The lowest BCUT2D eigenvalue weighted by Gasteiger charge is -2.33. The van der Waals surface area contributed by atoms with Crippen molar-refractivity contribution in [3.05, 3.63) is 72.7 Å². The second-order valence-electron chi connectivity index (χ2n) is 8.00. The smallest absolute Gasteiger partial charge is 0.407 e. The highest BCUT2D eigenvalue weighted by Gasteiger charge is 2.25. The summed E-state index contributed by atoms with van der Waals surface area (Å²) in [6.07, 6.45) is 6.67. The number of hydrogen-bond acceptors (Lipinski definition) is 5. The predicted molar refractivity (Wildman–Crippen MR) is 132 cm³/mol. The Kier molecular flexibility index (Phi) is 5.93. The molecule has 8 nitrogen and oxygen atoms in total. The molecule has 1 aliphatic heterocycles. The predicted octanol–water partition coefficient (Wildman–Crippen LogP) is 4.25. The number of aromatic nitrogens is 3. The van der Waals surface area contributed by atoms with E-state index in [1.165, 1.54) is 4.90 Å². The fourth-order valence-electron chi connectivity index (χ4n) is 4.17. The number of carbonyl (C=O) groups excluding carboxylic acids is 1. The number of rotatable bonds is 4. The van der Waals surface area contributed by atoms with Gasteiger partial charge in [0.25, 0.3) is 5.91 Å². The molecule has 2 amide bonds. The topological polar surface area (TPSA) is 91.6 Å². The van der Waals surface area contributed by atoms with Crippen LogP contribution >= 0.6 is 11.8 Å². The molecular weight excluding hydrogens is 450 g/mol. The summed E-state index contributed by atoms with van der Waals surface area (Å²) in [7, 11) is 0. The summed E-state index contributed by atoms with van der Waals surface area (Å²) in [5.41, 5.74) is 3.39. The number of hydrogen-bond donors (Lipinski definition) is 1. The van der Waals surface area contributed by atoms with Crippen LogP contribution in [0.15, 0.2) is 72.0 Å². The summed E-state index contributed by atoms with van der Waals surface area (Å²) < 4.78 is 1.91. The summed E-state index contributed by atoms with van der Waals surface area (Å²) in [5.74, 6) is 0.426. The molecule has 2 aromatic heterocycles. The number of thioether (sulfide) groups is 1. The second-order valence-corrected chi connectivity index (χ2v) is 8.85. The van der Waals surface area contributed by atoms with E-state index in [1.807, 2.05) is 65.6 Å². The number of carboxylic acid groups (broad SMARTS) is 1. The van der Waals surface area contributed by atoms with E-state index >= 15 is 0 Å². The van der Waals surface area contributed by atoms with E-state index in [0.29, 0.717) is 37.7 Å². The SMILES string of the molecule is CSc1cn(-c2ncc(-c3ccccc3)cn2)c2cc(C(=O)N3CCN(C(=O)O)CC3)ccc12. The lowest BCUT2D eigenvalue weighted by Crippen LogP contribution is -2.50. The van der Waals surface area contributed by atoms with Crippen LogP contribution in [-0.4, -0.2) is 73.9 Å². The first-order valence-electron chi connectivity index (χ1n) is 10.9. The van der Waals surface area contributed by atoms with Crippen LogP contribution in [0, 0.1) is 0 Å². The Morgan fingerprint density at radius 3 is 2.24 bits per heavy atom. The fourth-order valence-corrected chi connectivity index (χ4v) is 4.77. The summed E-state index contributed by atoms with van der Waals surface area (Å²) in [6, 6.07) is 15.6. The van der Waals surface area contributed by atoms with Crippen molar-refractivity contribution in [3.63, 3.8) is 0 Å². The van der Waals surface area contributed by atoms with Crippen molar-refractivity contribution >= 4 is 34.7 Å². The van der Waals surface area contributed by atoms with Gasteiger partial charge in [0.15, 0.2) is 0 Å². The molecule has 0 atom stereocenters. The van der Waals surface area contributed by atoms with Crippen LogP contribution in [0.25, 0.3) is 28.0 Å². The Balaban J connectivity index is 1.47. The lowest BCUT2D eigenvalue weighted by atomic mass is 10.1. The molecule has 2 aromatic carbocycles. The first-order valence-corrected chi connectivity index (χ1v) is 12.1. The van der Waals surface area contributed by atoms with Crippen LogP contribution in [0.2, 0.25) is 0 Å². The monoisotopic (exact) mass is 473 g/mol. The maximum Gasteiger partial charge on any atom is 0.407 e. The number of carbonyl (C=O) groups is 2. The van der Waals surface area contributed by atoms with Gasteiger partial charge in [0.05, 0.1) is 5.52 Å². The normalized spacial score (nSPS) is 13.9. The van der Waals surface area contributed by atoms with Crippen molar-refractivity contribution in [2.75, 3.05) is 32.4 Å². The lowest BCUT2D eigenvalue weighted by molar-refractivity contribution is 0.0625. The number of benzene rings is 2. The zero-order chi connectivity index (χ0) is 23.7. The molecule has 0 aliphatic carbocycles. The van der Waals surface area contributed by atoms with Crippen molar-refractivity contribution < 1.29 is 14.7 Å². The average Bonchev–Trinajstić information content (AvgIpc) is 3.27. The van der Waals surface area contributed by atoms with E-state index in [4.69, 9.17) is 5.11 Å². The third-order valence-corrected chi connectivity index (χ3v) is 6.80. The molecule has 0 saturated carbocycles. The molecule has 0 unspecified atom stereocenters. The Labute approximate surface area is 200 Å². The van der Waals surface area contributed by atoms with Crippen molar-refractivity contribution in [1.29, 1.82) is 0 Å². The molecule has 4 aromatic rings. The van der Waals surface area contributed by atoms with Gasteiger partial charge in [-0.2, -0.15) is 0 Å². The van der Waals surface area contributed by atoms with E-state index in [0.717, 1.165) is 26.9 Å². The molecule has 5 rings (SSSR count). The molecule has 3 heterocycles. The standard InChI is InChI=1S/C25H23N5O3S/c1-34-22-16-30(24-26-14-19(15-27-24)17-5-3-2-4-6-17)21-13-18(7-8-20(21)22)23(31)28-9-11-29(12-10-28)25(32)33/h2-8,13-16H,9-12H2,1H3,(H,32,33). The number of fused-ring (bicyclic) bond motifs is 1. The molecule has 172 valence electrons. The summed E-state index contributed by atoms with van der Waals surface area (Å²) in [4.78, 5) is 37.6. The van der Waals surface area contributed by atoms with Crippen LogP contribution < -0.4 is 0 Å². The van der Waals surface area contributed by atoms with Crippen molar-refractivity contribution in [1.82, 2.24) is 24.3 Å². The Bertz CT molecular complexity index is 1350. The second kappa shape index (κ2) is 9.18. The van der Waals surface area contributed by atoms with Crippen LogP contribution in [0.4, 0.5) is 4.79 Å². The largest absolute Gasteiger partial charge is 0.465 e. The van der Waals surface area contributed by atoms with E-state index in [9.17, 15) is 9.59 Å². The quantitative estimate of drug-likeness (QED) is 0.446. The highest BCUT2D eigenvalue weighted by Crippen LogP contribution is 2.31. The Morgan fingerprint density at radius 2 is 1.59 bits per heavy atom. The van der Waals surface area contributed by atoms with Gasteiger partial charge >= 0.3 is 6.09 Å². The first kappa shape index (κ1) is 22.0. The van der Waals surface area contributed by atoms with Gasteiger partial charge in [0.2, 0.25) is 5.95 Å². The molecule has 1 N–H and O–H groups in total. The van der Waals surface area contributed by atoms with Crippen LogP contribution in [0.3, 0.4) is 0 Å². The zero-order valence-corrected chi connectivity index (χ0v) is 19.4. The van der Waals surface area contributed by atoms with Gasteiger partial charge in [-0.15, -0.1) is 11.8 Å². The molecule has 1 fully saturated rings. The van der Waals surface area contributed by atoms with Gasteiger partial charge < -0.3 is 14.9 Å². The Hall–Kier alpha value is -3.85. The summed E-state index contributed by atoms with van der Waals surface area (Å²) in [6.45, 7) is 1.39. The average molecular weight is 474 g/mol. The summed E-state index contributed by atoms with van der Waals surface area (Å²) >= 11 is 1.63. The summed E-state index contributed by atoms with van der Waals surface area (Å²) in [5, 5.41) is 10.2. The molecule has 1 saturated heterocycles. The number of nitrogens with zero attached hydrogens (tertiary/aromatic N) is 5. The minimum absolute atomic E-state index is 0.106. The zero-order valence-electron chi connectivity index (χ0n) is 18.6. The van der Waals surface area contributed by atoms with E-state index in [2.05, 4.69) is 9.97 Å². The van der Waals surface area contributed by atoms with Crippen LogP contribution in [0.1, 0.15) is 10.4 Å². The minimum atomic E-state index is -0.950. The van der Waals surface area contributed by atoms with Gasteiger partial charge in [-0.05, 0) is 24.0 Å². The van der Waals surface area contributed by atoms with Crippen molar-refractivity contribution in [2.24, 2.45) is 0 Å². The first-order chi connectivity index (χ1) is 16.5. The number of amides is 2. The third-order valence-electron chi connectivity index (χ3n) is 6.03. The van der Waals surface area contributed by atoms with Gasteiger partial charge in [0, 0.05) is 66.2 Å². The third kappa shape index (κ3) is 4.10. The minimum Gasteiger partial charge on any atom is -0.465 e. The molecule has 0 radical (unpaired) electrons. The van der Waals surface area contributed by atoms with Crippen LogP contribution in [-0.2, 0) is 0 Å². The maximum atomic E-state index is 13.2. The highest BCUT2D eigenvalue weighted by molar-refractivity contribution is 7.98. The molecule has 9 heteroatoms. The van der Waals surface area contributed by atoms with Gasteiger partial charge in [0.1, 0.15) is 0 Å². The van der Waals surface area contributed by atoms with Gasteiger partial charge in [-0.1, -0.05) is 36.4 Å². The molecular formula is C25H23N5O3S. The maximum absolute atomic E-state index is 13.2. The molecule has 0 bridgehead atoms. The fraction of sp³-hybridized carbons (Fsp3) is 0.200. The van der Waals surface area contributed by atoms with E-state index in [-0.39, 0.29) is 5.91 Å². The number of piperazine rings is 1. The molecule has 34 heavy (non-hydrogen) atoms. The molecule has 0 spiro atoms. The van der Waals surface area contributed by atoms with Crippen molar-refractivity contribution in [3.8, 4) is 17.1 Å². The van der Waals surface area contributed by atoms with E-state index < -0.39 is 6.09 Å². The highest BCUT2D eigenvalue weighted by atomic mass is 32.2. The van der Waals surface area contributed by atoms with Gasteiger partial charge in [-0.25, -0.2) is 14.8 Å². The van der Waals surface area contributed by atoms with Gasteiger partial charge in [-0.3, -0.25) is 9.36 Å². The molecule has 1 aliphatic rings. The van der Waals surface area contributed by atoms with Crippen molar-refractivity contribution in [2.45, 2.75) is 4.90 Å². The van der Waals surface area contributed by atoms with E-state index in [1.54, 1.807) is 29.1 Å².